The van der Waals surface area contributed by atoms with E-state index in [9.17, 15) is 0 Å². The molecule has 6 rings (SSSR count). The van der Waals surface area contributed by atoms with E-state index in [0.717, 1.165) is 12.8 Å². The summed E-state index contributed by atoms with van der Waals surface area (Å²) in [5.74, 6) is 1.14. The summed E-state index contributed by atoms with van der Waals surface area (Å²) < 4.78 is 0. The summed E-state index contributed by atoms with van der Waals surface area (Å²) in [6.45, 7) is 4.85. The fourth-order valence-corrected chi connectivity index (χ4v) is 5.77. The summed E-state index contributed by atoms with van der Waals surface area (Å²) in [5, 5.41) is 5.56. The third-order valence-corrected chi connectivity index (χ3v) is 6.90. The molecule has 2 atom stereocenters. The van der Waals surface area contributed by atoms with Crippen molar-refractivity contribution in [3.8, 4) is 0 Å². The van der Waals surface area contributed by atoms with Gasteiger partial charge in [0.25, 0.3) is 0 Å². The molecular weight excluding hydrogens is 336 g/mol. The van der Waals surface area contributed by atoms with Crippen molar-refractivity contribution < 1.29 is 0 Å². The lowest BCUT2D eigenvalue weighted by atomic mass is 9.85. The fraction of sp³-hybridized carbons (Fsp3) is 0.214. The Morgan fingerprint density at radius 1 is 0.536 bits per heavy atom. The zero-order valence-corrected chi connectivity index (χ0v) is 16.5. The molecule has 0 aromatic heterocycles. The predicted molar refractivity (Wildman–Crippen MR) is 120 cm³/mol. The highest BCUT2D eigenvalue weighted by Crippen LogP contribution is 2.51. The molecule has 0 spiro atoms. The Labute approximate surface area is 166 Å². The van der Waals surface area contributed by atoms with Gasteiger partial charge in [-0.2, -0.15) is 0 Å². The van der Waals surface area contributed by atoms with Gasteiger partial charge < -0.3 is 0 Å². The maximum absolute atomic E-state index is 2.42. The van der Waals surface area contributed by atoms with Crippen LogP contribution >= 0.6 is 0 Å². The zero-order chi connectivity index (χ0) is 18.8. The molecule has 4 aromatic carbocycles. The number of hydrogen-bond acceptors (Lipinski definition) is 0. The monoisotopic (exact) mass is 360 g/mol. The van der Waals surface area contributed by atoms with E-state index in [-0.39, 0.29) is 0 Å². The molecule has 0 heteroatoms. The van der Waals surface area contributed by atoms with E-state index in [1.165, 1.54) is 43.8 Å². The SMILES string of the molecule is CC1Cc2ccc3ccccc3c2/C1=C1\c2c(ccc3ccccc23)CC1C. The van der Waals surface area contributed by atoms with Crippen molar-refractivity contribution in [1.29, 1.82) is 0 Å². The van der Waals surface area contributed by atoms with Crippen LogP contribution in [0.2, 0.25) is 0 Å². The summed E-state index contributed by atoms with van der Waals surface area (Å²) in [5.41, 5.74) is 9.30. The molecule has 0 amide bonds. The maximum Gasteiger partial charge on any atom is -0.0106 e. The Morgan fingerprint density at radius 2 is 0.964 bits per heavy atom. The summed E-state index contributed by atoms with van der Waals surface area (Å²) in [6.07, 6.45) is 2.32. The average Bonchev–Trinajstić information content (AvgIpc) is 3.23. The molecule has 0 N–H and O–H groups in total. The molecule has 2 unspecified atom stereocenters. The molecule has 0 bridgehead atoms. The first-order chi connectivity index (χ1) is 13.7. The van der Waals surface area contributed by atoms with Gasteiger partial charge in [-0.1, -0.05) is 86.6 Å². The Kier molecular flexibility index (Phi) is 3.35. The second-order valence-corrected chi connectivity index (χ2v) is 8.68. The van der Waals surface area contributed by atoms with Crippen molar-refractivity contribution in [3.05, 3.63) is 95.1 Å². The second-order valence-electron chi connectivity index (χ2n) is 8.68. The largest absolute Gasteiger partial charge is 0.0616 e. The van der Waals surface area contributed by atoms with Crippen LogP contribution in [0.5, 0.6) is 0 Å². The van der Waals surface area contributed by atoms with Gasteiger partial charge in [0.1, 0.15) is 0 Å². The lowest BCUT2D eigenvalue weighted by Crippen LogP contribution is -2.00. The number of rotatable bonds is 0. The Hall–Kier alpha value is -2.86. The van der Waals surface area contributed by atoms with Gasteiger partial charge in [-0.15, -0.1) is 0 Å². The molecule has 0 nitrogen and oxygen atoms in total. The highest BCUT2D eigenvalue weighted by atomic mass is 14.4. The summed E-state index contributed by atoms with van der Waals surface area (Å²) in [6, 6.07) is 27.2. The predicted octanol–water partition coefficient (Wildman–Crippen LogP) is 7.29. The zero-order valence-electron chi connectivity index (χ0n) is 16.5. The van der Waals surface area contributed by atoms with Crippen molar-refractivity contribution in [2.75, 3.05) is 0 Å². The van der Waals surface area contributed by atoms with Crippen molar-refractivity contribution in [2.24, 2.45) is 11.8 Å². The highest BCUT2D eigenvalue weighted by Gasteiger charge is 2.34. The third-order valence-electron chi connectivity index (χ3n) is 6.90. The maximum atomic E-state index is 2.42. The quantitative estimate of drug-likeness (QED) is 0.309. The standard InChI is InChI=1S/C28H24/c1-17-15-21-13-11-19-7-3-5-9-23(19)27(21)25(17)26-18(2)16-22-14-12-20-8-4-6-10-24(20)28(22)26/h3-14,17-18H,15-16H2,1-2H3/b26-25-. The normalized spacial score (nSPS) is 23.4. The number of hydrogen-bond donors (Lipinski definition) is 0. The number of fused-ring (bicyclic) bond motifs is 6. The van der Waals surface area contributed by atoms with Crippen molar-refractivity contribution in [3.63, 3.8) is 0 Å². The molecule has 0 fully saturated rings. The lowest BCUT2D eigenvalue weighted by molar-refractivity contribution is 0.754. The molecule has 2 aliphatic rings. The van der Waals surface area contributed by atoms with Crippen molar-refractivity contribution in [2.45, 2.75) is 26.7 Å². The third kappa shape index (κ3) is 2.12. The van der Waals surface area contributed by atoms with Crippen LogP contribution in [0.15, 0.2) is 72.8 Å². The van der Waals surface area contributed by atoms with Gasteiger partial charge in [-0.3, -0.25) is 0 Å². The van der Waals surface area contributed by atoms with Crippen LogP contribution in [0.3, 0.4) is 0 Å². The molecule has 2 aliphatic carbocycles. The van der Waals surface area contributed by atoms with Gasteiger partial charge in [-0.05, 0) is 79.6 Å². The van der Waals surface area contributed by atoms with E-state index in [1.54, 1.807) is 11.1 Å². The van der Waals surface area contributed by atoms with Gasteiger partial charge in [0.05, 0.1) is 0 Å². The van der Waals surface area contributed by atoms with Crippen LogP contribution in [0.25, 0.3) is 32.7 Å². The molecule has 28 heavy (non-hydrogen) atoms. The molecule has 0 heterocycles. The molecule has 0 saturated carbocycles. The van der Waals surface area contributed by atoms with E-state index in [0.29, 0.717) is 11.8 Å². The van der Waals surface area contributed by atoms with Crippen LogP contribution < -0.4 is 0 Å². The Morgan fingerprint density at radius 3 is 1.43 bits per heavy atom. The summed E-state index contributed by atoms with van der Waals surface area (Å²) in [4.78, 5) is 0. The second kappa shape index (κ2) is 5.82. The Bertz CT molecular complexity index is 1190. The van der Waals surface area contributed by atoms with E-state index >= 15 is 0 Å². The van der Waals surface area contributed by atoms with Crippen LogP contribution in [0.1, 0.15) is 36.1 Å². The number of benzene rings is 4. The summed E-state index contributed by atoms with van der Waals surface area (Å²) in [7, 11) is 0. The van der Waals surface area contributed by atoms with Gasteiger partial charge in [0.15, 0.2) is 0 Å². The van der Waals surface area contributed by atoms with Crippen LogP contribution in [0.4, 0.5) is 0 Å². The molecular formula is C28H24. The van der Waals surface area contributed by atoms with E-state index < -0.39 is 0 Å². The van der Waals surface area contributed by atoms with Crippen LogP contribution in [-0.2, 0) is 12.8 Å². The highest BCUT2D eigenvalue weighted by molar-refractivity contribution is 6.10. The van der Waals surface area contributed by atoms with Crippen LogP contribution in [-0.4, -0.2) is 0 Å². The molecule has 0 aliphatic heterocycles. The van der Waals surface area contributed by atoms with E-state index in [2.05, 4.69) is 86.6 Å². The average molecular weight is 361 g/mol. The van der Waals surface area contributed by atoms with Gasteiger partial charge in [0, 0.05) is 0 Å². The summed E-state index contributed by atoms with van der Waals surface area (Å²) >= 11 is 0. The fourth-order valence-electron chi connectivity index (χ4n) is 5.77. The van der Waals surface area contributed by atoms with Gasteiger partial charge >= 0.3 is 0 Å². The minimum Gasteiger partial charge on any atom is -0.0616 e. The van der Waals surface area contributed by atoms with Crippen molar-refractivity contribution >= 4 is 32.7 Å². The van der Waals surface area contributed by atoms with Gasteiger partial charge in [-0.25, -0.2) is 0 Å². The molecule has 4 aromatic rings. The molecule has 136 valence electrons. The lowest BCUT2D eigenvalue weighted by Gasteiger charge is -2.18. The van der Waals surface area contributed by atoms with Gasteiger partial charge in [0.2, 0.25) is 0 Å². The topological polar surface area (TPSA) is 0 Å². The van der Waals surface area contributed by atoms with Crippen LogP contribution in [0, 0.1) is 11.8 Å². The Balaban J connectivity index is 1.75. The van der Waals surface area contributed by atoms with Crippen molar-refractivity contribution in [1.82, 2.24) is 0 Å². The molecule has 0 radical (unpaired) electrons. The smallest absolute Gasteiger partial charge is 0.0106 e. The van der Waals surface area contributed by atoms with E-state index in [4.69, 9.17) is 0 Å². The first-order valence-corrected chi connectivity index (χ1v) is 10.5. The minimum absolute atomic E-state index is 0.572. The van der Waals surface area contributed by atoms with E-state index in [1.807, 2.05) is 0 Å². The minimum atomic E-state index is 0.572. The first-order valence-electron chi connectivity index (χ1n) is 10.5. The number of allylic oxidation sites excluding steroid dienone is 2. The first kappa shape index (κ1) is 16.1. The molecule has 0 saturated heterocycles.